The first-order chi connectivity index (χ1) is 7.63. The Morgan fingerprint density at radius 1 is 1.31 bits per heavy atom. The Labute approximate surface area is 100 Å². The summed E-state index contributed by atoms with van der Waals surface area (Å²) in [5.41, 5.74) is 5.47. The molecule has 0 N–H and O–H groups in total. The van der Waals surface area contributed by atoms with Crippen LogP contribution in [0.5, 0.6) is 0 Å². The average molecular weight is 233 g/mol. The van der Waals surface area contributed by atoms with Crippen molar-refractivity contribution in [1.82, 2.24) is 0 Å². The highest BCUT2D eigenvalue weighted by atomic mass is 35.5. The van der Waals surface area contributed by atoms with E-state index in [0.717, 1.165) is 18.3 Å². The zero-order valence-electron chi connectivity index (χ0n) is 9.38. The van der Waals surface area contributed by atoms with Gasteiger partial charge in [0.15, 0.2) is 6.29 Å². The summed E-state index contributed by atoms with van der Waals surface area (Å²) in [6, 6.07) is 5.48. The molecule has 2 heteroatoms. The van der Waals surface area contributed by atoms with Crippen LogP contribution in [-0.2, 0) is 0 Å². The van der Waals surface area contributed by atoms with Gasteiger partial charge in [0, 0.05) is 10.6 Å². The third-order valence-electron chi connectivity index (χ3n) is 3.12. The summed E-state index contributed by atoms with van der Waals surface area (Å²) in [4.78, 5) is 11.0. The van der Waals surface area contributed by atoms with Gasteiger partial charge >= 0.3 is 0 Å². The quantitative estimate of drug-likeness (QED) is 0.696. The van der Waals surface area contributed by atoms with E-state index in [-0.39, 0.29) is 0 Å². The van der Waals surface area contributed by atoms with Crippen molar-refractivity contribution in [1.29, 1.82) is 0 Å². The molecule has 0 fully saturated rings. The standard InChI is InChI=1S/C14H13ClO/c1-9-3-5-13(10(9)2)14-6-4-12(15)7-11(14)8-16/h3-4,6-8H,5H2,1-2H3. The first-order valence-corrected chi connectivity index (χ1v) is 5.63. The lowest BCUT2D eigenvalue weighted by atomic mass is 9.96. The van der Waals surface area contributed by atoms with E-state index in [2.05, 4.69) is 19.9 Å². The molecule has 0 saturated heterocycles. The first kappa shape index (κ1) is 11.2. The van der Waals surface area contributed by atoms with Gasteiger partial charge in [-0.05, 0) is 49.1 Å². The summed E-state index contributed by atoms with van der Waals surface area (Å²) in [5, 5.41) is 0.604. The highest BCUT2D eigenvalue weighted by Gasteiger charge is 2.15. The Kier molecular flexibility index (Phi) is 2.97. The molecule has 0 bridgehead atoms. The van der Waals surface area contributed by atoms with E-state index in [9.17, 15) is 4.79 Å². The second kappa shape index (κ2) is 4.26. The number of rotatable bonds is 2. The molecule has 1 aliphatic carbocycles. The summed E-state index contributed by atoms with van der Waals surface area (Å²) in [6.45, 7) is 4.19. The molecule has 0 atom stereocenters. The van der Waals surface area contributed by atoms with Crippen molar-refractivity contribution in [2.24, 2.45) is 0 Å². The Bertz CT molecular complexity index is 509. The van der Waals surface area contributed by atoms with Crippen LogP contribution in [0.3, 0.4) is 0 Å². The van der Waals surface area contributed by atoms with Gasteiger partial charge in [0.05, 0.1) is 0 Å². The Hall–Kier alpha value is -1.34. The minimum atomic E-state index is 0.604. The van der Waals surface area contributed by atoms with Crippen molar-refractivity contribution in [3.63, 3.8) is 0 Å². The fourth-order valence-electron chi connectivity index (χ4n) is 2.02. The van der Waals surface area contributed by atoms with Crippen LogP contribution in [0.1, 0.15) is 36.2 Å². The number of benzene rings is 1. The molecule has 0 unspecified atom stereocenters. The number of carbonyl (C=O) groups excluding carboxylic acids is 1. The molecule has 82 valence electrons. The van der Waals surface area contributed by atoms with Gasteiger partial charge in [-0.3, -0.25) is 4.79 Å². The zero-order chi connectivity index (χ0) is 11.7. The first-order valence-electron chi connectivity index (χ1n) is 5.25. The second-order valence-corrected chi connectivity index (χ2v) is 4.48. The Balaban J connectivity index is 2.54. The smallest absolute Gasteiger partial charge is 0.150 e. The number of hydrogen-bond donors (Lipinski definition) is 0. The lowest BCUT2D eigenvalue weighted by molar-refractivity contribution is 0.112. The normalized spacial score (nSPS) is 15.3. The van der Waals surface area contributed by atoms with Crippen molar-refractivity contribution in [3.8, 4) is 0 Å². The van der Waals surface area contributed by atoms with Crippen LogP contribution in [0, 0.1) is 0 Å². The number of halogens is 1. The predicted molar refractivity (Wildman–Crippen MR) is 67.8 cm³/mol. The highest BCUT2D eigenvalue weighted by Crippen LogP contribution is 2.34. The van der Waals surface area contributed by atoms with Gasteiger partial charge in [-0.15, -0.1) is 0 Å². The molecule has 0 heterocycles. The average Bonchev–Trinajstić information content (AvgIpc) is 2.60. The van der Waals surface area contributed by atoms with E-state index >= 15 is 0 Å². The fraction of sp³-hybridized carbons (Fsp3) is 0.214. The third-order valence-corrected chi connectivity index (χ3v) is 3.36. The van der Waals surface area contributed by atoms with Crippen LogP contribution in [0.25, 0.3) is 5.57 Å². The molecule has 1 aromatic rings. The molecular weight excluding hydrogens is 220 g/mol. The summed E-state index contributed by atoms with van der Waals surface area (Å²) < 4.78 is 0. The van der Waals surface area contributed by atoms with E-state index in [1.165, 1.54) is 16.7 Å². The molecular formula is C14H13ClO. The molecule has 0 spiro atoms. The third kappa shape index (κ3) is 1.83. The molecule has 1 nitrogen and oxygen atoms in total. The van der Waals surface area contributed by atoms with E-state index in [4.69, 9.17) is 11.6 Å². The highest BCUT2D eigenvalue weighted by molar-refractivity contribution is 6.30. The second-order valence-electron chi connectivity index (χ2n) is 4.04. The molecule has 0 radical (unpaired) electrons. The van der Waals surface area contributed by atoms with E-state index in [0.29, 0.717) is 10.6 Å². The molecule has 1 aliphatic rings. The van der Waals surface area contributed by atoms with Crippen LogP contribution < -0.4 is 0 Å². The fourth-order valence-corrected chi connectivity index (χ4v) is 2.20. The summed E-state index contributed by atoms with van der Waals surface area (Å²) in [7, 11) is 0. The van der Waals surface area contributed by atoms with E-state index in [1.54, 1.807) is 6.07 Å². The van der Waals surface area contributed by atoms with Crippen LogP contribution in [0.15, 0.2) is 35.4 Å². The van der Waals surface area contributed by atoms with Crippen LogP contribution in [-0.4, -0.2) is 6.29 Å². The van der Waals surface area contributed by atoms with Gasteiger partial charge in [0.1, 0.15) is 0 Å². The number of allylic oxidation sites excluding steroid dienone is 4. The maximum absolute atomic E-state index is 11.0. The van der Waals surface area contributed by atoms with Crippen LogP contribution in [0.4, 0.5) is 0 Å². The van der Waals surface area contributed by atoms with E-state index < -0.39 is 0 Å². The van der Waals surface area contributed by atoms with Gasteiger partial charge in [-0.2, -0.15) is 0 Å². The largest absolute Gasteiger partial charge is 0.298 e. The molecule has 0 saturated carbocycles. The van der Waals surface area contributed by atoms with Gasteiger partial charge in [-0.1, -0.05) is 29.3 Å². The summed E-state index contributed by atoms with van der Waals surface area (Å²) in [5.74, 6) is 0. The monoisotopic (exact) mass is 232 g/mol. The van der Waals surface area contributed by atoms with Crippen LogP contribution >= 0.6 is 11.6 Å². The Morgan fingerprint density at radius 2 is 2.06 bits per heavy atom. The minimum absolute atomic E-state index is 0.604. The van der Waals surface area contributed by atoms with Gasteiger partial charge in [0.25, 0.3) is 0 Å². The molecule has 0 aromatic heterocycles. The van der Waals surface area contributed by atoms with Crippen LogP contribution in [0.2, 0.25) is 5.02 Å². The topological polar surface area (TPSA) is 17.1 Å². The molecule has 0 aliphatic heterocycles. The lowest BCUT2D eigenvalue weighted by Gasteiger charge is -2.08. The maximum atomic E-state index is 11.0. The number of carbonyl (C=O) groups is 1. The molecule has 1 aromatic carbocycles. The van der Waals surface area contributed by atoms with Crippen molar-refractivity contribution in [2.75, 3.05) is 0 Å². The lowest BCUT2D eigenvalue weighted by Crippen LogP contribution is -1.92. The van der Waals surface area contributed by atoms with E-state index in [1.807, 2.05) is 12.1 Å². The van der Waals surface area contributed by atoms with Gasteiger partial charge < -0.3 is 0 Å². The number of hydrogen-bond acceptors (Lipinski definition) is 1. The van der Waals surface area contributed by atoms with Crippen molar-refractivity contribution in [3.05, 3.63) is 51.6 Å². The zero-order valence-corrected chi connectivity index (χ0v) is 10.1. The van der Waals surface area contributed by atoms with Crippen molar-refractivity contribution < 1.29 is 4.79 Å². The number of aldehydes is 1. The summed E-state index contributed by atoms with van der Waals surface area (Å²) >= 11 is 5.88. The summed E-state index contributed by atoms with van der Waals surface area (Å²) in [6.07, 6.45) is 3.96. The molecule has 2 rings (SSSR count). The minimum Gasteiger partial charge on any atom is -0.298 e. The maximum Gasteiger partial charge on any atom is 0.150 e. The Morgan fingerprint density at radius 3 is 2.62 bits per heavy atom. The SMILES string of the molecule is CC1=CCC(c2ccc(Cl)cc2C=O)=C1C. The van der Waals surface area contributed by atoms with Crippen molar-refractivity contribution in [2.45, 2.75) is 20.3 Å². The predicted octanol–water partition coefficient (Wildman–Crippen LogP) is 4.28. The van der Waals surface area contributed by atoms with Gasteiger partial charge in [0.2, 0.25) is 0 Å². The van der Waals surface area contributed by atoms with Crippen molar-refractivity contribution >= 4 is 23.5 Å². The van der Waals surface area contributed by atoms with Gasteiger partial charge in [-0.25, -0.2) is 0 Å². The molecule has 16 heavy (non-hydrogen) atoms. The molecule has 0 amide bonds.